The third-order valence-corrected chi connectivity index (χ3v) is 9.73. The van der Waals surface area contributed by atoms with Crippen LogP contribution in [0.3, 0.4) is 0 Å². The minimum atomic E-state index is -1.52. The number of carbonyl (C=O) groups excluding carboxylic acids is 3. The van der Waals surface area contributed by atoms with Gasteiger partial charge >= 0.3 is 12.1 Å². The molecule has 15 heteroatoms. The van der Waals surface area contributed by atoms with Gasteiger partial charge in [-0.1, -0.05) is 48.6 Å². The quantitative estimate of drug-likeness (QED) is 0.179. The fraction of sp³-hybridized carbons (Fsp3) is 0.447. The number of pyridine rings is 1. The molecule has 0 unspecified atom stereocenters. The Labute approximate surface area is 306 Å². The van der Waals surface area contributed by atoms with Gasteiger partial charge in [-0.05, 0) is 64.1 Å². The maximum absolute atomic E-state index is 14.7. The zero-order valence-corrected chi connectivity index (χ0v) is 29.9. The van der Waals surface area contributed by atoms with Crippen LogP contribution in [-0.4, -0.2) is 97.7 Å². The number of benzene rings is 2. The van der Waals surface area contributed by atoms with Crippen molar-refractivity contribution in [1.29, 1.82) is 0 Å². The number of carboxylic acid groups (broad SMARTS) is 1. The van der Waals surface area contributed by atoms with Crippen LogP contribution < -0.4 is 15.4 Å². The van der Waals surface area contributed by atoms with Gasteiger partial charge in [0.2, 0.25) is 17.7 Å². The highest BCUT2D eigenvalue weighted by atomic mass is 16.6. The van der Waals surface area contributed by atoms with Crippen molar-refractivity contribution in [3.63, 3.8) is 0 Å². The first-order valence-corrected chi connectivity index (χ1v) is 17.7. The fourth-order valence-electron chi connectivity index (χ4n) is 7.07. The lowest BCUT2D eigenvalue weighted by Crippen LogP contribution is -2.58. The van der Waals surface area contributed by atoms with E-state index in [1.54, 1.807) is 51.2 Å². The van der Waals surface area contributed by atoms with Gasteiger partial charge in [0.15, 0.2) is 0 Å². The minimum Gasteiger partial charge on any atom is -0.479 e. The van der Waals surface area contributed by atoms with E-state index in [0.717, 1.165) is 10.8 Å². The molecule has 0 bridgehead atoms. The van der Waals surface area contributed by atoms with Crippen molar-refractivity contribution in [1.82, 2.24) is 25.4 Å². The Morgan fingerprint density at radius 3 is 2.62 bits per heavy atom. The highest BCUT2D eigenvalue weighted by Crippen LogP contribution is 2.45. The number of alkyl carbamates (subject to hydrolysis) is 1. The van der Waals surface area contributed by atoms with Crippen LogP contribution in [0.4, 0.5) is 10.5 Å². The van der Waals surface area contributed by atoms with Crippen LogP contribution in [0, 0.1) is 16.0 Å². The van der Waals surface area contributed by atoms with Crippen LogP contribution >= 0.6 is 0 Å². The van der Waals surface area contributed by atoms with E-state index in [1.807, 2.05) is 41.3 Å². The van der Waals surface area contributed by atoms with Crippen molar-refractivity contribution in [2.75, 3.05) is 19.6 Å². The average Bonchev–Trinajstić information content (AvgIpc) is 3.64. The molecule has 280 valence electrons. The summed E-state index contributed by atoms with van der Waals surface area (Å²) in [6.45, 7) is 5.39. The number of ether oxygens (including phenoxy) is 2. The van der Waals surface area contributed by atoms with Crippen LogP contribution in [-0.2, 0) is 25.7 Å². The molecule has 1 saturated carbocycles. The number of aliphatic carboxylic acids is 1. The van der Waals surface area contributed by atoms with Gasteiger partial charge in [-0.25, -0.2) is 14.6 Å². The van der Waals surface area contributed by atoms with E-state index >= 15 is 0 Å². The highest BCUT2D eigenvalue weighted by molar-refractivity contribution is 5.96. The molecule has 1 aliphatic carbocycles. The third kappa shape index (κ3) is 8.57. The maximum Gasteiger partial charge on any atom is 0.408 e. The van der Waals surface area contributed by atoms with Gasteiger partial charge < -0.3 is 30.1 Å². The molecule has 2 aliphatic heterocycles. The highest BCUT2D eigenvalue weighted by Gasteiger charge is 2.61. The molecule has 2 aromatic carbocycles. The summed E-state index contributed by atoms with van der Waals surface area (Å²) in [6.07, 6.45) is 5.01. The van der Waals surface area contributed by atoms with Crippen molar-refractivity contribution >= 4 is 40.3 Å². The van der Waals surface area contributed by atoms with Crippen molar-refractivity contribution in [3.05, 3.63) is 88.6 Å². The number of hydrogen-bond donors (Lipinski definition) is 3. The van der Waals surface area contributed by atoms with Gasteiger partial charge in [-0.15, -0.1) is 0 Å². The van der Waals surface area contributed by atoms with Crippen LogP contribution in [0.25, 0.3) is 10.8 Å². The number of carbonyl (C=O) groups is 4. The molecular formula is C38H44N6O9. The molecule has 0 radical (unpaired) electrons. The standard InChI is InChI=1S/C38H44N6O9/c1-37(2,3)53-36(49)40-29-23-42(21-25-12-7-9-15-30(25)44(50)51)18-10-4-5-13-26-20-38(26,35(47)48)41-32(45)31-19-27(22-43(31)34(29)46)52-33-28-14-8-6-11-24(28)16-17-39-33/h5-9,11-17,26-27,29,31H,4,10,18-23H2,1-3H3,(H,40,49)(H,41,45)(H,47,48)/b13-5-/t26-,27-,29+,31+,38-/m1/s1. The number of nitrogens with zero attached hydrogens (tertiary/aromatic N) is 4. The van der Waals surface area contributed by atoms with Gasteiger partial charge in [0.25, 0.3) is 5.69 Å². The number of allylic oxidation sites excluding steroid dienone is 1. The van der Waals surface area contributed by atoms with Gasteiger partial charge in [0, 0.05) is 48.6 Å². The van der Waals surface area contributed by atoms with Crippen molar-refractivity contribution in [2.45, 2.75) is 82.3 Å². The Kier molecular flexibility index (Phi) is 10.7. The molecule has 2 fully saturated rings. The molecule has 53 heavy (non-hydrogen) atoms. The molecule has 6 rings (SSSR count). The summed E-state index contributed by atoms with van der Waals surface area (Å²) in [6, 6.07) is 13.3. The van der Waals surface area contributed by atoms with Crippen molar-refractivity contribution < 1.29 is 38.7 Å². The van der Waals surface area contributed by atoms with E-state index in [4.69, 9.17) is 9.47 Å². The summed E-state index contributed by atoms with van der Waals surface area (Å²) in [5.74, 6) is -2.58. The number of fused-ring (bicyclic) bond motifs is 3. The average molecular weight is 729 g/mol. The summed E-state index contributed by atoms with van der Waals surface area (Å²) < 4.78 is 11.9. The predicted octanol–water partition coefficient (Wildman–Crippen LogP) is 4.20. The molecule has 3 aliphatic rings. The maximum atomic E-state index is 14.7. The molecule has 3 aromatic rings. The number of amides is 3. The fourth-order valence-corrected chi connectivity index (χ4v) is 7.07. The Morgan fingerprint density at radius 1 is 1.11 bits per heavy atom. The van der Waals surface area contributed by atoms with Gasteiger partial charge in [-0.2, -0.15) is 0 Å². The first-order valence-electron chi connectivity index (χ1n) is 17.7. The van der Waals surface area contributed by atoms with E-state index in [2.05, 4.69) is 15.6 Å². The number of nitro benzene ring substituents is 1. The zero-order valence-electron chi connectivity index (χ0n) is 29.9. The van der Waals surface area contributed by atoms with Crippen LogP contribution in [0.15, 0.2) is 72.9 Å². The Bertz CT molecular complexity index is 1920. The smallest absolute Gasteiger partial charge is 0.408 e. The number of aromatic nitrogens is 1. The number of rotatable bonds is 7. The van der Waals surface area contributed by atoms with E-state index in [1.165, 1.54) is 11.0 Å². The summed E-state index contributed by atoms with van der Waals surface area (Å²) in [5, 5.41) is 29.2. The topological polar surface area (TPSA) is 194 Å². The molecule has 3 N–H and O–H groups in total. The SMILES string of the molecule is CC(C)(C)OC(=O)N[C@H]1CN(Cc2ccccc2[N+](=O)[O-])CCC/C=C\[C@@H]2C[C@@]2(C(=O)O)NC(=O)[C@@H]2C[C@@H](Oc3nccc4ccccc34)CN2C1=O. The molecule has 3 heterocycles. The Balaban J connectivity index is 1.37. The molecule has 0 spiro atoms. The second-order valence-corrected chi connectivity index (χ2v) is 14.8. The normalized spacial score (nSPS) is 25.9. The largest absolute Gasteiger partial charge is 0.479 e. The lowest BCUT2D eigenvalue weighted by atomic mass is 10.1. The molecule has 15 nitrogen and oxygen atoms in total. The molecule has 3 amide bonds. The second kappa shape index (κ2) is 15.2. The number of para-hydroxylation sites is 1. The first kappa shape index (κ1) is 37.2. The zero-order chi connectivity index (χ0) is 37.9. The van der Waals surface area contributed by atoms with E-state index in [-0.39, 0.29) is 38.2 Å². The van der Waals surface area contributed by atoms with Crippen LogP contribution in [0.1, 0.15) is 52.0 Å². The molecular weight excluding hydrogens is 684 g/mol. The van der Waals surface area contributed by atoms with E-state index in [9.17, 15) is 34.4 Å². The Hall–Kier alpha value is -5.57. The number of nitrogens with one attached hydrogen (secondary N) is 2. The number of carboxylic acids is 1. The first-order chi connectivity index (χ1) is 25.2. The van der Waals surface area contributed by atoms with E-state index in [0.29, 0.717) is 30.8 Å². The second-order valence-electron chi connectivity index (χ2n) is 14.8. The van der Waals surface area contributed by atoms with Crippen LogP contribution in [0.5, 0.6) is 5.88 Å². The van der Waals surface area contributed by atoms with Crippen LogP contribution in [0.2, 0.25) is 0 Å². The van der Waals surface area contributed by atoms with E-state index < -0.39 is 64.0 Å². The van der Waals surface area contributed by atoms with Gasteiger partial charge in [-0.3, -0.25) is 24.6 Å². The van der Waals surface area contributed by atoms with Crippen molar-refractivity contribution in [2.24, 2.45) is 5.92 Å². The third-order valence-electron chi connectivity index (χ3n) is 9.73. The summed E-state index contributed by atoms with van der Waals surface area (Å²) >= 11 is 0. The van der Waals surface area contributed by atoms with Gasteiger partial charge in [0.1, 0.15) is 29.3 Å². The minimum absolute atomic E-state index is 0.0256. The Morgan fingerprint density at radius 2 is 1.87 bits per heavy atom. The predicted molar refractivity (Wildman–Crippen MR) is 193 cm³/mol. The summed E-state index contributed by atoms with van der Waals surface area (Å²) in [4.78, 5) is 73.7. The summed E-state index contributed by atoms with van der Waals surface area (Å²) in [5.41, 5.74) is -2.07. The number of nitro groups is 1. The number of hydrogen-bond acceptors (Lipinski definition) is 10. The monoisotopic (exact) mass is 728 g/mol. The summed E-state index contributed by atoms with van der Waals surface area (Å²) in [7, 11) is 0. The van der Waals surface area contributed by atoms with Crippen molar-refractivity contribution in [3.8, 4) is 5.88 Å². The van der Waals surface area contributed by atoms with Gasteiger partial charge in [0.05, 0.1) is 11.5 Å². The molecule has 1 saturated heterocycles. The molecule has 5 atom stereocenters. The molecule has 1 aromatic heterocycles. The lowest BCUT2D eigenvalue weighted by molar-refractivity contribution is -0.385. The lowest BCUT2D eigenvalue weighted by Gasteiger charge is -2.33.